The number of rotatable bonds is 3. The van der Waals surface area contributed by atoms with Crippen molar-refractivity contribution in [1.82, 2.24) is 0 Å². The van der Waals surface area contributed by atoms with Gasteiger partial charge in [-0.15, -0.1) is 0 Å². The highest BCUT2D eigenvalue weighted by atomic mass is 31.2. The van der Waals surface area contributed by atoms with Crippen LogP contribution in [0, 0.1) is 0 Å². The van der Waals surface area contributed by atoms with E-state index < -0.39 is 13.7 Å². The van der Waals surface area contributed by atoms with Gasteiger partial charge >= 0.3 is 7.60 Å². The lowest BCUT2D eigenvalue weighted by Crippen LogP contribution is -2.13. The summed E-state index contributed by atoms with van der Waals surface area (Å²) in [7, 11) is -0.626. The lowest BCUT2D eigenvalue weighted by molar-refractivity contribution is 0.0796. The van der Waals surface area contributed by atoms with Gasteiger partial charge in [0.25, 0.3) is 0 Å². The van der Waals surface area contributed by atoms with Gasteiger partial charge in [-0.25, -0.2) is 0 Å². The van der Waals surface area contributed by atoms with Crippen molar-refractivity contribution in [2.45, 2.75) is 19.1 Å². The lowest BCUT2D eigenvalue weighted by Gasteiger charge is -2.14. The van der Waals surface area contributed by atoms with Crippen LogP contribution < -0.4 is 10.0 Å². The van der Waals surface area contributed by atoms with Crippen molar-refractivity contribution in [1.29, 1.82) is 0 Å². The highest BCUT2D eigenvalue weighted by Crippen LogP contribution is 2.47. The molecule has 0 saturated carbocycles. The summed E-state index contributed by atoms with van der Waals surface area (Å²) in [4.78, 5) is 0. The maximum atomic E-state index is 12.2. The maximum Gasteiger partial charge on any atom is 0.360 e. The molecule has 2 rings (SSSR count). The van der Waals surface area contributed by atoms with Gasteiger partial charge in [-0.1, -0.05) is 0 Å². The van der Waals surface area contributed by atoms with Crippen LogP contribution in [0.5, 0.6) is 5.75 Å². The Hall–Kier alpha value is -0.870. The SMILES string of the molecule is COP(=O)(OC)c1ccc2c(c1)C(O)C(C)O2. The fourth-order valence-corrected chi connectivity index (χ4v) is 2.97. The molecule has 0 fully saturated rings. The first kappa shape index (κ1) is 12.6. The Kier molecular flexibility index (Phi) is 3.27. The topological polar surface area (TPSA) is 65.0 Å². The van der Waals surface area contributed by atoms with Crippen molar-refractivity contribution in [2.24, 2.45) is 0 Å². The standard InChI is InChI=1S/C11H15O5P/c1-7-11(12)9-6-8(4-5-10(9)16-7)17(13,14-2)15-3/h4-7,11-12H,1-3H3. The predicted molar refractivity (Wildman–Crippen MR) is 62.8 cm³/mol. The van der Waals surface area contributed by atoms with Gasteiger partial charge in [0, 0.05) is 19.8 Å². The van der Waals surface area contributed by atoms with Gasteiger partial charge in [-0.05, 0) is 25.1 Å². The molecule has 5 nitrogen and oxygen atoms in total. The first-order valence-corrected chi connectivity index (χ1v) is 6.77. The number of benzene rings is 1. The normalized spacial score (nSPS) is 23.3. The molecule has 1 N–H and O–H groups in total. The molecule has 0 bridgehead atoms. The van der Waals surface area contributed by atoms with Crippen LogP contribution in [0.2, 0.25) is 0 Å². The summed E-state index contributed by atoms with van der Waals surface area (Å²) in [5.41, 5.74) is 0.615. The van der Waals surface area contributed by atoms with E-state index in [9.17, 15) is 9.67 Å². The number of aliphatic hydroxyl groups excluding tert-OH is 1. The molecule has 1 aromatic rings. The van der Waals surface area contributed by atoms with E-state index in [-0.39, 0.29) is 6.10 Å². The molecule has 0 aliphatic carbocycles. The van der Waals surface area contributed by atoms with E-state index in [1.54, 1.807) is 25.1 Å². The van der Waals surface area contributed by atoms with Crippen molar-refractivity contribution < 1.29 is 23.5 Å². The zero-order valence-electron chi connectivity index (χ0n) is 9.91. The molecule has 94 valence electrons. The zero-order chi connectivity index (χ0) is 12.6. The quantitative estimate of drug-likeness (QED) is 0.834. The number of aliphatic hydroxyl groups is 1. The van der Waals surface area contributed by atoms with Crippen LogP contribution >= 0.6 is 7.60 Å². The highest BCUT2D eigenvalue weighted by Gasteiger charge is 2.33. The van der Waals surface area contributed by atoms with Gasteiger partial charge in [0.1, 0.15) is 18.0 Å². The fourth-order valence-electron chi connectivity index (χ4n) is 1.85. The van der Waals surface area contributed by atoms with Crippen LogP contribution in [0.15, 0.2) is 18.2 Å². The molecule has 1 aliphatic heterocycles. The summed E-state index contributed by atoms with van der Waals surface area (Å²) in [6.07, 6.45) is -1.02. The first-order chi connectivity index (χ1) is 8.01. The second kappa shape index (κ2) is 4.42. The Morgan fingerprint density at radius 1 is 1.35 bits per heavy atom. The Labute approximate surface area is 99.8 Å². The molecular weight excluding hydrogens is 243 g/mol. The van der Waals surface area contributed by atoms with Crippen molar-refractivity contribution in [3.63, 3.8) is 0 Å². The molecule has 2 unspecified atom stereocenters. The molecule has 1 aromatic carbocycles. The minimum atomic E-state index is -3.28. The fraction of sp³-hybridized carbons (Fsp3) is 0.455. The van der Waals surface area contributed by atoms with Crippen LogP contribution in [0.25, 0.3) is 0 Å². The van der Waals surface area contributed by atoms with Gasteiger partial charge in [-0.3, -0.25) is 4.57 Å². The summed E-state index contributed by atoms with van der Waals surface area (Å²) in [5.74, 6) is 0.604. The van der Waals surface area contributed by atoms with Crippen LogP contribution in [-0.4, -0.2) is 25.4 Å². The monoisotopic (exact) mass is 258 g/mol. The van der Waals surface area contributed by atoms with Crippen molar-refractivity contribution in [3.05, 3.63) is 23.8 Å². The Morgan fingerprint density at radius 2 is 2.00 bits per heavy atom. The zero-order valence-corrected chi connectivity index (χ0v) is 10.8. The first-order valence-electron chi connectivity index (χ1n) is 5.22. The van der Waals surface area contributed by atoms with Crippen LogP contribution in [0.4, 0.5) is 0 Å². The Balaban J connectivity index is 2.45. The third-order valence-corrected chi connectivity index (χ3v) is 4.74. The van der Waals surface area contributed by atoms with Crippen LogP contribution in [-0.2, 0) is 13.6 Å². The minimum Gasteiger partial charge on any atom is -0.487 e. The van der Waals surface area contributed by atoms with E-state index in [2.05, 4.69) is 0 Å². The van der Waals surface area contributed by atoms with E-state index in [4.69, 9.17) is 13.8 Å². The number of hydrogen-bond acceptors (Lipinski definition) is 5. The average molecular weight is 258 g/mol. The molecule has 17 heavy (non-hydrogen) atoms. The van der Waals surface area contributed by atoms with Gasteiger partial charge in [0.05, 0.1) is 5.30 Å². The number of hydrogen-bond donors (Lipinski definition) is 1. The predicted octanol–water partition coefficient (Wildman–Crippen LogP) is 1.61. The molecule has 0 spiro atoms. The average Bonchev–Trinajstić information content (AvgIpc) is 2.64. The van der Waals surface area contributed by atoms with E-state index in [0.717, 1.165) is 0 Å². The molecule has 0 aromatic heterocycles. The Bertz CT molecular complexity index is 465. The van der Waals surface area contributed by atoms with Crippen molar-refractivity contribution in [2.75, 3.05) is 14.2 Å². The second-order valence-corrected chi connectivity index (χ2v) is 6.09. The summed E-state index contributed by atoms with van der Waals surface area (Å²) in [6, 6.07) is 4.90. The van der Waals surface area contributed by atoms with E-state index in [0.29, 0.717) is 16.6 Å². The summed E-state index contributed by atoms with van der Waals surface area (Å²) >= 11 is 0. The summed E-state index contributed by atoms with van der Waals surface area (Å²) in [6.45, 7) is 1.77. The highest BCUT2D eigenvalue weighted by molar-refractivity contribution is 7.62. The molecule has 2 atom stereocenters. The molecule has 6 heteroatoms. The lowest BCUT2D eigenvalue weighted by atomic mass is 10.1. The number of ether oxygens (including phenoxy) is 1. The van der Waals surface area contributed by atoms with E-state index in [1.165, 1.54) is 14.2 Å². The van der Waals surface area contributed by atoms with E-state index >= 15 is 0 Å². The largest absolute Gasteiger partial charge is 0.487 e. The molecule has 0 radical (unpaired) electrons. The summed E-state index contributed by atoms with van der Waals surface area (Å²) in [5, 5.41) is 10.3. The second-order valence-electron chi connectivity index (χ2n) is 3.85. The third kappa shape index (κ3) is 2.00. The molecule has 0 saturated heterocycles. The minimum absolute atomic E-state index is 0.301. The Morgan fingerprint density at radius 3 is 2.59 bits per heavy atom. The van der Waals surface area contributed by atoms with Gasteiger partial charge < -0.3 is 18.9 Å². The van der Waals surface area contributed by atoms with Gasteiger partial charge in [0.2, 0.25) is 0 Å². The molecule has 1 aliphatic rings. The van der Waals surface area contributed by atoms with Crippen LogP contribution in [0.1, 0.15) is 18.6 Å². The van der Waals surface area contributed by atoms with E-state index in [1.807, 2.05) is 0 Å². The van der Waals surface area contributed by atoms with Crippen LogP contribution in [0.3, 0.4) is 0 Å². The molecule has 0 amide bonds. The molecular formula is C11H15O5P. The van der Waals surface area contributed by atoms with Crippen molar-refractivity contribution >= 4 is 12.9 Å². The van der Waals surface area contributed by atoms with Gasteiger partial charge in [0.15, 0.2) is 0 Å². The molecule has 1 heterocycles. The van der Waals surface area contributed by atoms with Crippen molar-refractivity contribution in [3.8, 4) is 5.75 Å². The maximum absolute atomic E-state index is 12.2. The smallest absolute Gasteiger partial charge is 0.360 e. The third-order valence-electron chi connectivity index (χ3n) is 2.87. The summed E-state index contributed by atoms with van der Waals surface area (Å²) < 4.78 is 27.4. The van der Waals surface area contributed by atoms with Gasteiger partial charge in [-0.2, -0.15) is 0 Å². The number of fused-ring (bicyclic) bond motifs is 1.